The molecule has 0 aromatic carbocycles. The summed E-state index contributed by atoms with van der Waals surface area (Å²) >= 11 is 0. The normalized spacial score (nSPS) is 11.0. The fourth-order valence-corrected chi connectivity index (χ4v) is 3.18. The summed E-state index contributed by atoms with van der Waals surface area (Å²) in [6.07, 6.45) is 18.5. The molecule has 2 heteroatoms. The zero-order valence-corrected chi connectivity index (χ0v) is 16.5. The van der Waals surface area contributed by atoms with Gasteiger partial charge in [-0.3, -0.25) is 4.98 Å². The number of nitrogens with zero attached hydrogens (tertiary/aromatic N) is 2. The van der Waals surface area contributed by atoms with Crippen molar-refractivity contribution < 1.29 is 0 Å². The van der Waals surface area contributed by atoms with Crippen LogP contribution in [0, 0.1) is 6.92 Å². The van der Waals surface area contributed by atoms with E-state index in [1.54, 1.807) is 0 Å². The molecule has 0 aliphatic carbocycles. The molecule has 0 N–H and O–H groups in total. The van der Waals surface area contributed by atoms with E-state index in [0.717, 1.165) is 5.69 Å². The Morgan fingerprint density at radius 1 is 0.708 bits per heavy atom. The Morgan fingerprint density at radius 2 is 1.21 bits per heavy atom. The van der Waals surface area contributed by atoms with Gasteiger partial charge in [0.2, 0.25) is 0 Å². The van der Waals surface area contributed by atoms with Gasteiger partial charge >= 0.3 is 0 Å². The summed E-state index contributed by atoms with van der Waals surface area (Å²) in [6, 6.07) is 4.39. The average Bonchev–Trinajstić information content (AvgIpc) is 2.60. The third-order valence-electron chi connectivity index (χ3n) is 4.82. The molecule has 138 valence electrons. The van der Waals surface area contributed by atoms with Crippen LogP contribution in [-0.4, -0.2) is 18.1 Å². The maximum absolute atomic E-state index is 4.50. The summed E-state index contributed by atoms with van der Waals surface area (Å²) in [6.45, 7) is 9.01. The van der Waals surface area contributed by atoms with Gasteiger partial charge in [-0.25, -0.2) is 0 Å². The Bertz CT molecular complexity index is 369. The van der Waals surface area contributed by atoms with Gasteiger partial charge in [-0.15, -0.1) is 0 Å². The van der Waals surface area contributed by atoms with E-state index in [4.69, 9.17) is 0 Å². The Kier molecular flexibility index (Phi) is 12.5. The first-order valence-electron chi connectivity index (χ1n) is 10.5. The molecule has 0 unspecified atom stereocenters. The molecule has 1 heterocycles. The van der Waals surface area contributed by atoms with Gasteiger partial charge in [0.05, 0.1) is 11.9 Å². The maximum Gasteiger partial charge on any atom is 0.0552 e. The molecule has 1 rings (SSSR count). The summed E-state index contributed by atoms with van der Waals surface area (Å²) in [5.41, 5.74) is 2.42. The van der Waals surface area contributed by atoms with Crippen LogP contribution in [0.2, 0.25) is 0 Å². The van der Waals surface area contributed by atoms with Gasteiger partial charge in [0.25, 0.3) is 0 Å². The van der Waals surface area contributed by atoms with Crippen molar-refractivity contribution in [2.75, 3.05) is 18.0 Å². The lowest BCUT2D eigenvalue weighted by Gasteiger charge is -2.25. The number of pyridine rings is 1. The van der Waals surface area contributed by atoms with E-state index >= 15 is 0 Å². The van der Waals surface area contributed by atoms with Crippen molar-refractivity contribution in [1.29, 1.82) is 0 Å². The second-order valence-corrected chi connectivity index (χ2v) is 7.18. The minimum absolute atomic E-state index is 1.11. The van der Waals surface area contributed by atoms with Gasteiger partial charge in [0.1, 0.15) is 0 Å². The van der Waals surface area contributed by atoms with Crippen LogP contribution in [0.4, 0.5) is 5.69 Å². The first-order chi connectivity index (χ1) is 11.8. The molecular weight excluding hydrogens is 292 g/mol. The highest BCUT2D eigenvalue weighted by atomic mass is 15.1. The van der Waals surface area contributed by atoms with Crippen LogP contribution in [-0.2, 0) is 0 Å². The van der Waals surface area contributed by atoms with Crippen LogP contribution in [0.25, 0.3) is 0 Å². The van der Waals surface area contributed by atoms with E-state index in [9.17, 15) is 0 Å². The smallest absolute Gasteiger partial charge is 0.0552 e. The summed E-state index contributed by atoms with van der Waals surface area (Å²) in [5, 5.41) is 0. The van der Waals surface area contributed by atoms with Crippen LogP contribution < -0.4 is 4.90 Å². The highest BCUT2D eigenvalue weighted by Gasteiger charge is 2.06. The average molecular weight is 333 g/mol. The second-order valence-electron chi connectivity index (χ2n) is 7.18. The van der Waals surface area contributed by atoms with E-state index in [2.05, 4.69) is 49.0 Å². The van der Waals surface area contributed by atoms with Crippen LogP contribution in [0.15, 0.2) is 18.3 Å². The van der Waals surface area contributed by atoms with E-state index in [1.807, 2.05) is 0 Å². The number of hydrogen-bond acceptors (Lipinski definition) is 2. The van der Waals surface area contributed by atoms with E-state index < -0.39 is 0 Å². The van der Waals surface area contributed by atoms with Gasteiger partial charge in [-0.1, -0.05) is 78.1 Å². The molecule has 0 fully saturated rings. The molecule has 1 aromatic heterocycles. The second kappa shape index (κ2) is 14.3. The molecule has 0 amide bonds. The monoisotopic (exact) mass is 332 g/mol. The van der Waals surface area contributed by atoms with Crippen LogP contribution >= 0.6 is 0 Å². The Labute approximate surface area is 151 Å². The molecule has 0 saturated carbocycles. The fraction of sp³-hybridized carbons (Fsp3) is 0.773. The fourth-order valence-electron chi connectivity index (χ4n) is 3.18. The molecular formula is C22H40N2. The molecule has 0 atom stereocenters. The van der Waals surface area contributed by atoms with Crippen molar-refractivity contribution in [3.8, 4) is 0 Å². The number of aromatic nitrogens is 1. The standard InChI is InChI=1S/C22H40N2/c1-4-6-8-10-12-14-18-24(19-15-13-11-9-7-5-2)22-17-16-21(3)23-20-22/h16-17,20H,4-15,18-19H2,1-3H3. The van der Waals surface area contributed by atoms with E-state index in [1.165, 1.54) is 95.8 Å². The topological polar surface area (TPSA) is 16.1 Å². The highest BCUT2D eigenvalue weighted by Crippen LogP contribution is 2.17. The largest absolute Gasteiger partial charge is 0.370 e. The highest BCUT2D eigenvalue weighted by molar-refractivity contribution is 5.44. The Hall–Kier alpha value is -1.05. The number of unbranched alkanes of at least 4 members (excludes halogenated alkanes) is 10. The number of rotatable bonds is 15. The maximum atomic E-state index is 4.50. The number of anilines is 1. The van der Waals surface area contributed by atoms with Crippen molar-refractivity contribution in [1.82, 2.24) is 4.98 Å². The van der Waals surface area contributed by atoms with Crippen molar-refractivity contribution >= 4 is 5.69 Å². The zero-order chi connectivity index (χ0) is 17.5. The molecule has 0 radical (unpaired) electrons. The van der Waals surface area contributed by atoms with Crippen molar-refractivity contribution in [2.45, 2.75) is 97.8 Å². The molecule has 0 spiro atoms. The summed E-state index contributed by atoms with van der Waals surface area (Å²) in [7, 11) is 0. The van der Waals surface area contributed by atoms with E-state index in [-0.39, 0.29) is 0 Å². The predicted octanol–water partition coefficient (Wildman–Crippen LogP) is 6.92. The third kappa shape index (κ3) is 9.95. The lowest BCUT2D eigenvalue weighted by atomic mass is 10.1. The molecule has 0 aliphatic heterocycles. The van der Waals surface area contributed by atoms with Gasteiger partial charge in [0.15, 0.2) is 0 Å². The van der Waals surface area contributed by atoms with Gasteiger partial charge < -0.3 is 4.90 Å². The Morgan fingerprint density at radius 3 is 1.67 bits per heavy atom. The number of hydrogen-bond donors (Lipinski definition) is 0. The molecule has 2 nitrogen and oxygen atoms in total. The minimum atomic E-state index is 1.11. The SMILES string of the molecule is CCCCCCCCN(CCCCCCCC)c1ccc(C)nc1. The quantitative estimate of drug-likeness (QED) is 0.324. The predicted molar refractivity (Wildman–Crippen MR) is 108 cm³/mol. The molecule has 24 heavy (non-hydrogen) atoms. The molecule has 0 bridgehead atoms. The molecule has 1 aromatic rings. The van der Waals surface area contributed by atoms with Gasteiger partial charge in [0, 0.05) is 18.8 Å². The summed E-state index contributed by atoms with van der Waals surface area (Å²) < 4.78 is 0. The number of aryl methyl sites for hydroxylation is 1. The lowest BCUT2D eigenvalue weighted by molar-refractivity contribution is 0.574. The lowest BCUT2D eigenvalue weighted by Crippen LogP contribution is -2.25. The van der Waals surface area contributed by atoms with Crippen LogP contribution in [0.1, 0.15) is 96.6 Å². The van der Waals surface area contributed by atoms with Crippen molar-refractivity contribution in [3.63, 3.8) is 0 Å². The Balaban J connectivity index is 2.34. The third-order valence-corrected chi connectivity index (χ3v) is 4.82. The molecule has 0 saturated heterocycles. The van der Waals surface area contributed by atoms with Crippen LogP contribution in [0.3, 0.4) is 0 Å². The molecule has 0 aliphatic rings. The minimum Gasteiger partial charge on any atom is -0.370 e. The first kappa shape index (κ1) is 21.0. The van der Waals surface area contributed by atoms with Crippen molar-refractivity contribution in [2.24, 2.45) is 0 Å². The van der Waals surface area contributed by atoms with Gasteiger partial charge in [-0.05, 0) is 31.9 Å². The van der Waals surface area contributed by atoms with Gasteiger partial charge in [-0.2, -0.15) is 0 Å². The van der Waals surface area contributed by atoms with Crippen LogP contribution in [0.5, 0.6) is 0 Å². The van der Waals surface area contributed by atoms with Crippen molar-refractivity contribution in [3.05, 3.63) is 24.0 Å². The summed E-state index contributed by atoms with van der Waals surface area (Å²) in [5.74, 6) is 0. The first-order valence-corrected chi connectivity index (χ1v) is 10.5. The zero-order valence-electron chi connectivity index (χ0n) is 16.5. The summed E-state index contributed by atoms with van der Waals surface area (Å²) in [4.78, 5) is 7.06. The van der Waals surface area contributed by atoms with E-state index in [0.29, 0.717) is 0 Å².